The molecule has 0 radical (unpaired) electrons. The Bertz CT molecular complexity index is 791. The molecule has 3 amide bonds. The number of benzene rings is 1. The number of alkyl carbamates (subject to hydrolysis) is 1. The highest BCUT2D eigenvalue weighted by molar-refractivity contribution is 7.80. The summed E-state index contributed by atoms with van der Waals surface area (Å²) in [5.74, 6) is -0.438. The van der Waals surface area contributed by atoms with Crippen molar-refractivity contribution in [2.75, 3.05) is 12.3 Å². The summed E-state index contributed by atoms with van der Waals surface area (Å²) in [6.07, 6.45) is 6.21. The van der Waals surface area contributed by atoms with Crippen molar-refractivity contribution in [2.45, 2.75) is 96.4 Å². The van der Waals surface area contributed by atoms with Crippen LogP contribution in [0.15, 0.2) is 30.3 Å². The van der Waals surface area contributed by atoms with E-state index in [0.717, 1.165) is 44.1 Å². The maximum atomic E-state index is 13.7. The molecule has 1 aliphatic rings. The van der Waals surface area contributed by atoms with Crippen molar-refractivity contribution >= 4 is 30.5 Å². The molecule has 2 rings (SSSR count). The van der Waals surface area contributed by atoms with Gasteiger partial charge in [-0.15, -0.1) is 0 Å². The van der Waals surface area contributed by atoms with Crippen LogP contribution in [0.1, 0.15) is 84.2 Å². The molecule has 8 heteroatoms. The fraction of sp³-hybridized carbons (Fsp3) is 0.654. The van der Waals surface area contributed by atoms with Gasteiger partial charge in [-0.25, -0.2) is 4.79 Å². The number of nitrogens with zero attached hydrogens (tertiary/aromatic N) is 1. The zero-order valence-electron chi connectivity index (χ0n) is 21.0. The first-order chi connectivity index (χ1) is 16.2. The molecule has 2 unspecified atom stereocenters. The highest BCUT2D eigenvalue weighted by atomic mass is 32.1. The van der Waals surface area contributed by atoms with Crippen molar-refractivity contribution in [1.29, 1.82) is 0 Å². The first-order valence-electron chi connectivity index (χ1n) is 12.4. The topological polar surface area (TPSA) is 87.7 Å². The largest absolute Gasteiger partial charge is 0.444 e. The van der Waals surface area contributed by atoms with Crippen LogP contribution in [0.3, 0.4) is 0 Å². The second-order valence-corrected chi connectivity index (χ2v) is 10.3. The van der Waals surface area contributed by atoms with Crippen LogP contribution in [0.5, 0.6) is 0 Å². The molecule has 0 aromatic heterocycles. The zero-order valence-corrected chi connectivity index (χ0v) is 21.9. The minimum Gasteiger partial charge on any atom is -0.444 e. The van der Waals surface area contributed by atoms with Gasteiger partial charge in [-0.2, -0.15) is 12.6 Å². The average molecular weight is 492 g/mol. The molecule has 34 heavy (non-hydrogen) atoms. The van der Waals surface area contributed by atoms with E-state index in [1.165, 1.54) is 6.42 Å². The normalized spacial score (nSPS) is 16.3. The van der Waals surface area contributed by atoms with Gasteiger partial charge >= 0.3 is 6.09 Å². The van der Waals surface area contributed by atoms with Crippen LogP contribution in [0.25, 0.3) is 0 Å². The molecule has 1 aliphatic carbocycles. The third-order valence-corrected chi connectivity index (χ3v) is 6.20. The molecule has 0 aliphatic heterocycles. The molecule has 0 bridgehead atoms. The van der Waals surface area contributed by atoms with Crippen molar-refractivity contribution in [3.05, 3.63) is 35.9 Å². The van der Waals surface area contributed by atoms with Crippen LogP contribution >= 0.6 is 12.6 Å². The molecule has 1 aromatic rings. The zero-order chi connectivity index (χ0) is 25.1. The number of hydrogen-bond donors (Lipinski definition) is 3. The number of hydrogen-bond acceptors (Lipinski definition) is 5. The van der Waals surface area contributed by atoms with Gasteiger partial charge in [0, 0.05) is 18.3 Å². The van der Waals surface area contributed by atoms with Gasteiger partial charge < -0.3 is 20.3 Å². The van der Waals surface area contributed by atoms with E-state index in [1.807, 2.05) is 37.3 Å². The van der Waals surface area contributed by atoms with Crippen molar-refractivity contribution in [3.63, 3.8) is 0 Å². The van der Waals surface area contributed by atoms with Crippen LogP contribution in [-0.2, 0) is 14.3 Å². The lowest BCUT2D eigenvalue weighted by Gasteiger charge is -2.35. The monoisotopic (exact) mass is 491 g/mol. The van der Waals surface area contributed by atoms with Gasteiger partial charge in [0.05, 0.1) is 0 Å². The number of ether oxygens (including phenoxy) is 1. The Hall–Kier alpha value is -2.22. The van der Waals surface area contributed by atoms with E-state index in [4.69, 9.17) is 4.74 Å². The van der Waals surface area contributed by atoms with Gasteiger partial charge in [0.15, 0.2) is 0 Å². The summed E-state index contributed by atoms with van der Waals surface area (Å²) in [7, 11) is 0. The quantitative estimate of drug-likeness (QED) is 0.417. The molecular weight excluding hydrogens is 450 g/mol. The number of rotatable bonds is 10. The highest BCUT2D eigenvalue weighted by Gasteiger charge is 2.36. The van der Waals surface area contributed by atoms with Gasteiger partial charge in [0.1, 0.15) is 17.7 Å². The van der Waals surface area contributed by atoms with Gasteiger partial charge in [-0.05, 0) is 45.6 Å². The number of nitrogens with one attached hydrogen (secondary N) is 2. The van der Waals surface area contributed by atoms with Crippen molar-refractivity contribution < 1.29 is 19.1 Å². The van der Waals surface area contributed by atoms with E-state index < -0.39 is 23.8 Å². The predicted molar refractivity (Wildman–Crippen MR) is 138 cm³/mol. The average Bonchev–Trinajstić information content (AvgIpc) is 2.79. The Morgan fingerprint density at radius 2 is 1.76 bits per heavy atom. The number of unbranched alkanes of at least 4 members (excludes halogenated alkanes) is 1. The van der Waals surface area contributed by atoms with Crippen LogP contribution < -0.4 is 10.6 Å². The second kappa shape index (κ2) is 13.6. The van der Waals surface area contributed by atoms with E-state index in [0.29, 0.717) is 6.54 Å². The van der Waals surface area contributed by atoms with E-state index in [9.17, 15) is 14.4 Å². The Morgan fingerprint density at radius 1 is 1.12 bits per heavy atom. The second-order valence-electron chi connectivity index (χ2n) is 9.92. The highest BCUT2D eigenvalue weighted by Crippen LogP contribution is 2.25. The summed E-state index contributed by atoms with van der Waals surface area (Å²) < 4.78 is 5.34. The number of thiol groups is 1. The minimum atomic E-state index is -0.913. The first kappa shape index (κ1) is 28.0. The third kappa shape index (κ3) is 8.85. The molecule has 0 spiro atoms. The molecule has 1 saturated carbocycles. The van der Waals surface area contributed by atoms with Crippen molar-refractivity contribution in [2.24, 2.45) is 0 Å². The lowest BCUT2D eigenvalue weighted by molar-refractivity contribution is -0.142. The Kier molecular flexibility index (Phi) is 11.2. The molecule has 2 N–H and O–H groups in total. The predicted octanol–water partition coefficient (Wildman–Crippen LogP) is 4.63. The van der Waals surface area contributed by atoms with Gasteiger partial charge in [-0.1, -0.05) is 62.9 Å². The standard InChI is InChI=1S/C26H41N3O4S/c1-5-6-17-29(24(31)21(18-34)28-25(32)33-26(2,3)4)22(19-13-9-7-10-14-19)23(30)27-20-15-11-8-12-16-20/h7,9-10,13-14,20-22,34H,5-6,8,11-12,15-18H2,1-4H3,(H,27,30)(H,28,32). The Morgan fingerprint density at radius 3 is 2.32 bits per heavy atom. The summed E-state index contributed by atoms with van der Waals surface area (Å²) in [5, 5.41) is 5.84. The summed E-state index contributed by atoms with van der Waals surface area (Å²) in [6, 6.07) is 7.78. The minimum absolute atomic E-state index is 0.0897. The van der Waals surface area contributed by atoms with Crippen molar-refractivity contribution in [3.8, 4) is 0 Å². The van der Waals surface area contributed by atoms with E-state index >= 15 is 0 Å². The smallest absolute Gasteiger partial charge is 0.408 e. The molecule has 7 nitrogen and oxygen atoms in total. The van der Waals surface area contributed by atoms with Crippen molar-refractivity contribution in [1.82, 2.24) is 15.5 Å². The Balaban J connectivity index is 2.32. The molecule has 0 heterocycles. The van der Waals surface area contributed by atoms with Gasteiger partial charge in [0.2, 0.25) is 11.8 Å². The lowest BCUT2D eigenvalue weighted by Crippen LogP contribution is -2.54. The summed E-state index contributed by atoms with van der Waals surface area (Å²) in [6.45, 7) is 7.72. The first-order valence-corrected chi connectivity index (χ1v) is 13.1. The van der Waals surface area contributed by atoms with Gasteiger partial charge in [0.25, 0.3) is 0 Å². The number of carbonyl (C=O) groups is 3. The molecule has 190 valence electrons. The van der Waals surface area contributed by atoms with Crippen LogP contribution in [-0.4, -0.2) is 52.8 Å². The van der Waals surface area contributed by atoms with Gasteiger partial charge in [-0.3, -0.25) is 9.59 Å². The molecular formula is C26H41N3O4S. The molecule has 1 fully saturated rings. The van der Waals surface area contributed by atoms with Crippen LogP contribution in [0, 0.1) is 0 Å². The lowest BCUT2D eigenvalue weighted by atomic mass is 9.94. The SMILES string of the molecule is CCCCN(C(=O)C(CS)NC(=O)OC(C)(C)C)C(C(=O)NC1CCCCC1)c1ccccc1. The summed E-state index contributed by atoms with van der Waals surface area (Å²) in [4.78, 5) is 41.3. The summed E-state index contributed by atoms with van der Waals surface area (Å²) >= 11 is 4.32. The van der Waals surface area contributed by atoms with E-state index in [1.54, 1.807) is 25.7 Å². The molecule has 2 atom stereocenters. The fourth-order valence-electron chi connectivity index (χ4n) is 4.17. The Labute approximate surface area is 209 Å². The maximum absolute atomic E-state index is 13.7. The maximum Gasteiger partial charge on any atom is 0.408 e. The number of carbonyl (C=O) groups excluding carboxylic acids is 3. The third-order valence-electron chi connectivity index (χ3n) is 5.83. The number of amides is 3. The fourth-order valence-corrected chi connectivity index (χ4v) is 4.41. The van der Waals surface area contributed by atoms with Crippen LogP contribution in [0.2, 0.25) is 0 Å². The van der Waals surface area contributed by atoms with Crippen LogP contribution in [0.4, 0.5) is 4.79 Å². The van der Waals surface area contributed by atoms with E-state index in [-0.39, 0.29) is 23.6 Å². The molecule has 0 saturated heterocycles. The molecule has 1 aromatic carbocycles. The van der Waals surface area contributed by atoms with E-state index in [2.05, 4.69) is 23.3 Å². The summed E-state index contributed by atoms with van der Waals surface area (Å²) in [5.41, 5.74) is 0.0540.